The quantitative estimate of drug-likeness (QED) is 0.931. The second-order valence-corrected chi connectivity index (χ2v) is 4.32. The summed E-state index contributed by atoms with van der Waals surface area (Å²) in [6, 6.07) is 11.1. The third-order valence-corrected chi connectivity index (χ3v) is 2.98. The summed E-state index contributed by atoms with van der Waals surface area (Å²) in [7, 11) is 0. The minimum atomic E-state index is -0.297. The van der Waals surface area contributed by atoms with Gasteiger partial charge in [-0.1, -0.05) is 22.0 Å². The fourth-order valence-electron chi connectivity index (χ4n) is 1.36. The predicted octanol–water partition coefficient (Wildman–Crippen LogP) is 3.87. The van der Waals surface area contributed by atoms with Gasteiger partial charge in [-0.3, -0.25) is 0 Å². The highest BCUT2D eigenvalue weighted by molar-refractivity contribution is 9.10. The van der Waals surface area contributed by atoms with E-state index in [9.17, 15) is 4.39 Å². The van der Waals surface area contributed by atoms with Gasteiger partial charge in [-0.15, -0.1) is 0 Å². The molecule has 0 heterocycles. The first-order valence-electron chi connectivity index (χ1n) is 5.02. The Hall–Kier alpha value is -1.39. The molecule has 0 bridgehead atoms. The first kappa shape index (κ1) is 12.1. The van der Waals surface area contributed by atoms with Crippen LogP contribution in [-0.4, -0.2) is 5.11 Å². The Morgan fingerprint density at radius 2 is 1.71 bits per heavy atom. The Kier molecular flexibility index (Phi) is 3.76. The zero-order valence-corrected chi connectivity index (χ0v) is 10.4. The van der Waals surface area contributed by atoms with Crippen LogP contribution in [0.25, 0.3) is 0 Å². The average Bonchev–Trinajstić information content (AvgIpc) is 2.32. The van der Waals surface area contributed by atoms with Gasteiger partial charge in [0.05, 0.1) is 6.61 Å². The van der Waals surface area contributed by atoms with Gasteiger partial charge in [0, 0.05) is 4.47 Å². The summed E-state index contributed by atoms with van der Waals surface area (Å²) in [6.45, 7) is -0.0303. The van der Waals surface area contributed by atoms with Crippen LogP contribution in [-0.2, 0) is 6.61 Å². The van der Waals surface area contributed by atoms with Crippen LogP contribution in [0.15, 0.2) is 46.9 Å². The highest BCUT2D eigenvalue weighted by atomic mass is 79.9. The lowest BCUT2D eigenvalue weighted by Gasteiger charge is -2.07. The van der Waals surface area contributed by atoms with Crippen LogP contribution in [0.5, 0.6) is 11.5 Å². The fraction of sp³-hybridized carbons (Fsp3) is 0.0769. The molecule has 17 heavy (non-hydrogen) atoms. The van der Waals surface area contributed by atoms with Crippen LogP contribution in [0.3, 0.4) is 0 Å². The first-order chi connectivity index (χ1) is 8.19. The van der Waals surface area contributed by atoms with Crippen molar-refractivity contribution < 1.29 is 14.2 Å². The number of aliphatic hydroxyl groups is 1. The van der Waals surface area contributed by atoms with Crippen LogP contribution in [0.2, 0.25) is 0 Å². The third kappa shape index (κ3) is 3.05. The lowest BCUT2D eigenvalue weighted by Crippen LogP contribution is -1.88. The van der Waals surface area contributed by atoms with E-state index in [-0.39, 0.29) is 12.4 Å². The van der Waals surface area contributed by atoms with Gasteiger partial charge in [-0.2, -0.15) is 0 Å². The second-order valence-electron chi connectivity index (χ2n) is 3.47. The molecule has 0 aliphatic carbocycles. The van der Waals surface area contributed by atoms with E-state index >= 15 is 0 Å². The van der Waals surface area contributed by atoms with Crippen LogP contribution in [0.1, 0.15) is 5.56 Å². The topological polar surface area (TPSA) is 29.5 Å². The Labute approximate surface area is 107 Å². The van der Waals surface area contributed by atoms with Crippen molar-refractivity contribution >= 4 is 15.9 Å². The van der Waals surface area contributed by atoms with Crippen molar-refractivity contribution in [3.63, 3.8) is 0 Å². The van der Waals surface area contributed by atoms with Gasteiger partial charge in [0.2, 0.25) is 0 Å². The standard InChI is InChI=1S/C13H10BrFO2/c14-13-7-12(4-1-9(13)8-16)17-11-5-2-10(15)3-6-11/h1-7,16H,8H2. The Morgan fingerprint density at radius 1 is 1.06 bits per heavy atom. The smallest absolute Gasteiger partial charge is 0.128 e. The number of hydrogen-bond donors (Lipinski definition) is 1. The molecule has 0 fully saturated rings. The molecule has 0 amide bonds. The van der Waals surface area contributed by atoms with E-state index in [4.69, 9.17) is 9.84 Å². The van der Waals surface area contributed by atoms with Crippen molar-refractivity contribution in [3.05, 3.63) is 58.3 Å². The molecule has 0 aromatic heterocycles. The van der Waals surface area contributed by atoms with Crippen LogP contribution >= 0.6 is 15.9 Å². The maximum Gasteiger partial charge on any atom is 0.128 e. The first-order valence-corrected chi connectivity index (χ1v) is 5.81. The average molecular weight is 297 g/mol. The molecule has 0 saturated carbocycles. The van der Waals surface area contributed by atoms with Gasteiger partial charge < -0.3 is 9.84 Å². The van der Waals surface area contributed by atoms with Gasteiger partial charge in [-0.25, -0.2) is 4.39 Å². The van der Waals surface area contributed by atoms with E-state index in [1.165, 1.54) is 12.1 Å². The largest absolute Gasteiger partial charge is 0.457 e. The third-order valence-electron chi connectivity index (χ3n) is 2.24. The minimum absolute atomic E-state index is 0.0303. The molecule has 0 radical (unpaired) electrons. The molecule has 0 aliphatic rings. The number of benzene rings is 2. The Balaban J connectivity index is 2.19. The molecule has 0 aliphatic heterocycles. The summed E-state index contributed by atoms with van der Waals surface area (Å²) in [6.07, 6.45) is 0. The van der Waals surface area contributed by atoms with Crippen molar-refractivity contribution in [2.24, 2.45) is 0 Å². The molecule has 0 unspecified atom stereocenters. The monoisotopic (exact) mass is 296 g/mol. The summed E-state index contributed by atoms with van der Waals surface area (Å²) in [5, 5.41) is 9.02. The number of hydrogen-bond acceptors (Lipinski definition) is 2. The van der Waals surface area contributed by atoms with Gasteiger partial charge in [0.15, 0.2) is 0 Å². The summed E-state index contributed by atoms with van der Waals surface area (Å²) in [5.74, 6) is 0.893. The number of rotatable bonds is 3. The molecule has 0 saturated heterocycles. The fourth-order valence-corrected chi connectivity index (χ4v) is 1.84. The lowest BCUT2D eigenvalue weighted by molar-refractivity contribution is 0.281. The zero-order chi connectivity index (χ0) is 12.3. The van der Waals surface area contributed by atoms with Crippen LogP contribution < -0.4 is 4.74 Å². The van der Waals surface area contributed by atoms with Crippen molar-refractivity contribution in [1.29, 1.82) is 0 Å². The second kappa shape index (κ2) is 5.29. The molecule has 2 nitrogen and oxygen atoms in total. The summed E-state index contributed by atoms with van der Waals surface area (Å²) in [5.41, 5.74) is 0.788. The molecule has 2 aromatic carbocycles. The van der Waals surface area contributed by atoms with Crippen LogP contribution in [0, 0.1) is 5.82 Å². The van der Waals surface area contributed by atoms with Gasteiger partial charge in [-0.05, 0) is 42.0 Å². The number of ether oxygens (including phenoxy) is 1. The van der Waals surface area contributed by atoms with E-state index < -0.39 is 0 Å². The molecule has 0 spiro atoms. The van der Waals surface area contributed by atoms with Gasteiger partial charge in [0.25, 0.3) is 0 Å². The van der Waals surface area contributed by atoms with E-state index in [1.807, 2.05) is 0 Å². The zero-order valence-electron chi connectivity index (χ0n) is 8.86. The van der Waals surface area contributed by atoms with E-state index in [0.29, 0.717) is 11.5 Å². The Morgan fingerprint density at radius 3 is 2.29 bits per heavy atom. The summed E-state index contributed by atoms with van der Waals surface area (Å²) >= 11 is 3.33. The van der Waals surface area contributed by atoms with Crippen molar-refractivity contribution in [1.82, 2.24) is 0 Å². The molecule has 2 rings (SSSR count). The normalized spacial score (nSPS) is 10.3. The predicted molar refractivity (Wildman–Crippen MR) is 66.5 cm³/mol. The maximum atomic E-state index is 12.7. The highest BCUT2D eigenvalue weighted by Gasteiger charge is 2.02. The molecule has 4 heteroatoms. The van der Waals surface area contributed by atoms with E-state index in [2.05, 4.69) is 15.9 Å². The molecule has 2 aromatic rings. The van der Waals surface area contributed by atoms with Gasteiger partial charge >= 0.3 is 0 Å². The molecular formula is C13H10BrFO2. The number of halogens is 2. The summed E-state index contributed by atoms with van der Waals surface area (Å²) in [4.78, 5) is 0. The summed E-state index contributed by atoms with van der Waals surface area (Å²) < 4.78 is 19.0. The van der Waals surface area contributed by atoms with Gasteiger partial charge in [0.1, 0.15) is 17.3 Å². The van der Waals surface area contributed by atoms with Crippen molar-refractivity contribution in [3.8, 4) is 11.5 Å². The molecular weight excluding hydrogens is 287 g/mol. The number of aliphatic hydroxyl groups excluding tert-OH is 1. The SMILES string of the molecule is OCc1ccc(Oc2ccc(F)cc2)cc1Br. The van der Waals surface area contributed by atoms with E-state index in [1.54, 1.807) is 30.3 Å². The highest BCUT2D eigenvalue weighted by Crippen LogP contribution is 2.27. The minimum Gasteiger partial charge on any atom is -0.457 e. The maximum absolute atomic E-state index is 12.7. The van der Waals surface area contributed by atoms with Crippen LogP contribution in [0.4, 0.5) is 4.39 Å². The van der Waals surface area contributed by atoms with Crippen molar-refractivity contribution in [2.45, 2.75) is 6.61 Å². The molecule has 88 valence electrons. The van der Waals surface area contributed by atoms with Crippen molar-refractivity contribution in [2.75, 3.05) is 0 Å². The Bertz CT molecular complexity index is 511. The lowest BCUT2D eigenvalue weighted by atomic mass is 10.2. The molecule has 1 N–H and O–H groups in total. The molecule has 0 atom stereocenters. The van der Waals surface area contributed by atoms with E-state index in [0.717, 1.165) is 10.0 Å².